The van der Waals surface area contributed by atoms with Crippen molar-refractivity contribution < 1.29 is 9.90 Å². The van der Waals surface area contributed by atoms with Gasteiger partial charge in [0.15, 0.2) is 0 Å². The number of carbonyl (C=O) groups excluding carboxylic acids is 1. The summed E-state index contributed by atoms with van der Waals surface area (Å²) in [5.74, 6) is -0.473. The topological polar surface area (TPSA) is 75.3 Å². The van der Waals surface area contributed by atoms with Gasteiger partial charge in [0.25, 0.3) is 5.91 Å². The van der Waals surface area contributed by atoms with Crippen molar-refractivity contribution >= 4 is 11.6 Å². The molecular formula is C10H14N2O2. The van der Waals surface area contributed by atoms with Crippen molar-refractivity contribution in [3.05, 3.63) is 29.8 Å². The molecule has 1 atom stereocenters. The number of carbonyl (C=O) groups is 1. The van der Waals surface area contributed by atoms with Crippen molar-refractivity contribution in [2.45, 2.75) is 13.0 Å². The maximum Gasteiger partial charge on any atom is 0.250 e. The van der Waals surface area contributed by atoms with E-state index in [4.69, 9.17) is 10.8 Å². The molecule has 0 spiro atoms. The van der Waals surface area contributed by atoms with Crippen LogP contribution in [0.3, 0.4) is 0 Å². The monoisotopic (exact) mass is 194 g/mol. The Hall–Kier alpha value is -1.55. The highest BCUT2D eigenvalue weighted by Crippen LogP contribution is 2.13. The van der Waals surface area contributed by atoms with E-state index in [1.165, 1.54) is 0 Å². The van der Waals surface area contributed by atoms with E-state index >= 15 is 0 Å². The van der Waals surface area contributed by atoms with Crippen LogP contribution < -0.4 is 11.1 Å². The van der Waals surface area contributed by atoms with Crippen LogP contribution >= 0.6 is 0 Å². The summed E-state index contributed by atoms with van der Waals surface area (Å²) in [5.41, 5.74) is 6.27. The van der Waals surface area contributed by atoms with E-state index in [0.29, 0.717) is 17.8 Å². The highest BCUT2D eigenvalue weighted by molar-refractivity contribution is 5.98. The first-order valence-corrected chi connectivity index (χ1v) is 4.42. The molecular weight excluding hydrogens is 180 g/mol. The Morgan fingerprint density at radius 3 is 2.79 bits per heavy atom. The zero-order valence-corrected chi connectivity index (χ0v) is 8.03. The zero-order valence-electron chi connectivity index (χ0n) is 8.03. The Morgan fingerprint density at radius 1 is 1.57 bits per heavy atom. The zero-order chi connectivity index (χ0) is 10.6. The molecule has 0 aromatic heterocycles. The van der Waals surface area contributed by atoms with Crippen LogP contribution in [0.2, 0.25) is 0 Å². The minimum atomic E-state index is -0.473. The van der Waals surface area contributed by atoms with Crippen molar-refractivity contribution in [1.29, 1.82) is 0 Å². The summed E-state index contributed by atoms with van der Waals surface area (Å²) in [4.78, 5) is 11.0. The molecule has 0 heterocycles. The third-order valence-corrected chi connectivity index (χ3v) is 1.78. The summed E-state index contributed by atoms with van der Waals surface area (Å²) in [5, 5.41) is 12.0. The van der Waals surface area contributed by atoms with Gasteiger partial charge in [0.05, 0.1) is 11.7 Å². The maximum atomic E-state index is 11.0. The van der Waals surface area contributed by atoms with E-state index in [1.54, 1.807) is 31.2 Å². The number of nitrogens with two attached hydrogens (primary N) is 1. The summed E-state index contributed by atoms with van der Waals surface area (Å²) in [7, 11) is 0. The highest BCUT2D eigenvalue weighted by Gasteiger charge is 2.06. The lowest BCUT2D eigenvalue weighted by Gasteiger charge is -2.10. The predicted molar refractivity (Wildman–Crippen MR) is 55.1 cm³/mol. The molecule has 4 heteroatoms. The van der Waals surface area contributed by atoms with Crippen LogP contribution in [0.15, 0.2) is 24.3 Å². The second-order valence-electron chi connectivity index (χ2n) is 3.14. The molecule has 0 aliphatic heterocycles. The van der Waals surface area contributed by atoms with Gasteiger partial charge in [0, 0.05) is 12.2 Å². The number of amides is 1. The maximum absolute atomic E-state index is 11.0. The van der Waals surface area contributed by atoms with Crippen molar-refractivity contribution in [1.82, 2.24) is 0 Å². The summed E-state index contributed by atoms with van der Waals surface area (Å²) in [6.45, 7) is 2.06. The van der Waals surface area contributed by atoms with Crippen LogP contribution in [0, 0.1) is 0 Å². The number of hydrogen-bond donors (Lipinski definition) is 3. The second-order valence-corrected chi connectivity index (χ2v) is 3.14. The van der Waals surface area contributed by atoms with Crippen LogP contribution in [0.25, 0.3) is 0 Å². The SMILES string of the molecule is CC(O)CNc1ccccc1C(N)=O. The Morgan fingerprint density at radius 2 is 2.21 bits per heavy atom. The van der Waals surface area contributed by atoms with Crippen LogP contribution in [0.4, 0.5) is 5.69 Å². The molecule has 76 valence electrons. The van der Waals surface area contributed by atoms with Crippen molar-refractivity contribution in [2.75, 3.05) is 11.9 Å². The average molecular weight is 194 g/mol. The quantitative estimate of drug-likeness (QED) is 0.656. The first-order chi connectivity index (χ1) is 6.61. The summed E-state index contributed by atoms with van der Waals surface area (Å²) < 4.78 is 0. The number of nitrogens with one attached hydrogen (secondary N) is 1. The van der Waals surface area contributed by atoms with Gasteiger partial charge < -0.3 is 16.2 Å². The molecule has 14 heavy (non-hydrogen) atoms. The number of primary amides is 1. The molecule has 0 saturated heterocycles. The minimum Gasteiger partial charge on any atom is -0.392 e. The first kappa shape index (κ1) is 10.5. The molecule has 1 amide bonds. The predicted octanol–water partition coefficient (Wildman–Crippen LogP) is 0.578. The molecule has 0 radical (unpaired) electrons. The van der Waals surface area contributed by atoms with E-state index in [1.807, 2.05) is 0 Å². The molecule has 0 aliphatic rings. The van der Waals surface area contributed by atoms with Gasteiger partial charge in [0.1, 0.15) is 0 Å². The van der Waals surface area contributed by atoms with Crippen LogP contribution in [0.5, 0.6) is 0 Å². The van der Waals surface area contributed by atoms with Gasteiger partial charge in [-0.3, -0.25) is 4.79 Å². The fraction of sp³-hybridized carbons (Fsp3) is 0.300. The lowest BCUT2D eigenvalue weighted by Crippen LogP contribution is -2.19. The third kappa shape index (κ3) is 2.74. The molecule has 1 aromatic rings. The summed E-state index contributed by atoms with van der Waals surface area (Å²) in [6.07, 6.45) is -0.462. The largest absolute Gasteiger partial charge is 0.392 e. The molecule has 0 bridgehead atoms. The molecule has 1 unspecified atom stereocenters. The summed E-state index contributed by atoms with van der Waals surface area (Å²) >= 11 is 0. The Bertz CT molecular complexity index is 324. The molecule has 0 aliphatic carbocycles. The van der Waals surface area contributed by atoms with Gasteiger partial charge in [-0.25, -0.2) is 0 Å². The third-order valence-electron chi connectivity index (χ3n) is 1.78. The molecule has 1 aromatic carbocycles. The highest BCUT2D eigenvalue weighted by atomic mass is 16.3. The molecule has 4 N–H and O–H groups in total. The minimum absolute atomic E-state index is 0.393. The van der Waals surface area contributed by atoms with Crippen molar-refractivity contribution in [3.8, 4) is 0 Å². The average Bonchev–Trinajstić information content (AvgIpc) is 2.15. The number of aliphatic hydroxyl groups is 1. The van der Waals surface area contributed by atoms with Gasteiger partial charge in [-0.2, -0.15) is 0 Å². The van der Waals surface area contributed by atoms with Crippen molar-refractivity contribution in [2.24, 2.45) is 5.73 Å². The standard InChI is InChI=1S/C10H14N2O2/c1-7(13)6-12-9-5-3-2-4-8(9)10(11)14/h2-5,7,12-13H,6H2,1H3,(H2,11,14). The number of benzene rings is 1. The second kappa shape index (κ2) is 4.62. The van der Waals surface area contributed by atoms with Gasteiger partial charge in [0.2, 0.25) is 0 Å². The number of aliphatic hydroxyl groups excluding tert-OH is 1. The first-order valence-electron chi connectivity index (χ1n) is 4.42. The van der Waals surface area contributed by atoms with Crippen LogP contribution in [-0.4, -0.2) is 23.7 Å². The summed E-state index contributed by atoms with van der Waals surface area (Å²) in [6, 6.07) is 6.94. The fourth-order valence-corrected chi connectivity index (χ4v) is 1.11. The van der Waals surface area contributed by atoms with E-state index in [-0.39, 0.29) is 0 Å². The number of hydrogen-bond acceptors (Lipinski definition) is 3. The molecule has 1 rings (SSSR count). The molecule has 4 nitrogen and oxygen atoms in total. The smallest absolute Gasteiger partial charge is 0.250 e. The van der Waals surface area contributed by atoms with E-state index in [2.05, 4.69) is 5.32 Å². The van der Waals surface area contributed by atoms with E-state index < -0.39 is 12.0 Å². The Kier molecular flexibility index (Phi) is 3.48. The lowest BCUT2D eigenvalue weighted by molar-refractivity contribution is 0.100. The fourth-order valence-electron chi connectivity index (χ4n) is 1.11. The van der Waals surface area contributed by atoms with E-state index in [0.717, 1.165) is 0 Å². The molecule has 0 saturated carbocycles. The number of anilines is 1. The molecule has 0 fully saturated rings. The van der Waals surface area contributed by atoms with Crippen LogP contribution in [-0.2, 0) is 0 Å². The normalized spacial score (nSPS) is 12.1. The number of para-hydroxylation sites is 1. The van der Waals surface area contributed by atoms with E-state index in [9.17, 15) is 4.79 Å². The van der Waals surface area contributed by atoms with Gasteiger partial charge in [-0.05, 0) is 19.1 Å². The van der Waals surface area contributed by atoms with Gasteiger partial charge in [-0.1, -0.05) is 12.1 Å². The number of rotatable bonds is 4. The van der Waals surface area contributed by atoms with Crippen molar-refractivity contribution in [3.63, 3.8) is 0 Å². The van der Waals surface area contributed by atoms with Gasteiger partial charge >= 0.3 is 0 Å². The van der Waals surface area contributed by atoms with Crippen LogP contribution in [0.1, 0.15) is 17.3 Å². The van der Waals surface area contributed by atoms with Gasteiger partial charge in [-0.15, -0.1) is 0 Å². The Labute approximate surface area is 82.7 Å². The Balaban J connectivity index is 2.79. The lowest BCUT2D eigenvalue weighted by atomic mass is 10.1.